The van der Waals surface area contributed by atoms with E-state index in [0.717, 1.165) is 5.39 Å². The highest BCUT2D eigenvalue weighted by atomic mass is 32.2. The molecule has 3 aromatic rings. The van der Waals surface area contributed by atoms with Crippen molar-refractivity contribution in [3.63, 3.8) is 0 Å². The molecule has 8 heteroatoms. The van der Waals surface area contributed by atoms with Crippen molar-refractivity contribution in [3.05, 3.63) is 42.4 Å². The quantitative estimate of drug-likeness (QED) is 0.495. The van der Waals surface area contributed by atoms with Crippen LogP contribution in [0.1, 0.15) is 38.2 Å². The number of carbonyl (C=O) groups excluding carboxylic acids is 2. The molecule has 1 aromatic carbocycles. The van der Waals surface area contributed by atoms with Crippen molar-refractivity contribution in [2.45, 2.75) is 38.3 Å². The molecular weight excluding hydrogens is 376 g/mol. The third kappa shape index (κ3) is 4.17. The zero-order chi connectivity index (χ0) is 20.5. The summed E-state index contributed by atoms with van der Waals surface area (Å²) < 4.78 is 6.95. The fourth-order valence-corrected chi connectivity index (χ4v) is 3.04. The van der Waals surface area contributed by atoms with Crippen molar-refractivity contribution >= 4 is 46.0 Å². The van der Waals surface area contributed by atoms with Gasteiger partial charge in [-0.2, -0.15) is 0 Å². The first-order valence-corrected chi connectivity index (χ1v) is 9.94. The Morgan fingerprint density at radius 3 is 2.61 bits per heavy atom. The predicted octanol–water partition coefficient (Wildman–Crippen LogP) is 4.88. The Bertz CT molecular complexity index is 1050. The van der Waals surface area contributed by atoms with Crippen LogP contribution in [0.15, 0.2) is 41.7 Å². The molecule has 0 unspecified atom stereocenters. The number of hydrogen-bond donors (Lipinski definition) is 1. The molecule has 0 bridgehead atoms. The number of rotatable bonds is 4. The summed E-state index contributed by atoms with van der Waals surface area (Å²) in [6.45, 7) is 6.90. The molecule has 0 saturated heterocycles. The molecule has 28 heavy (non-hydrogen) atoms. The zero-order valence-electron chi connectivity index (χ0n) is 16.4. The Labute approximate surface area is 167 Å². The van der Waals surface area contributed by atoms with Gasteiger partial charge in [-0.05, 0) is 39.2 Å². The predicted molar refractivity (Wildman–Crippen MR) is 111 cm³/mol. The van der Waals surface area contributed by atoms with Crippen LogP contribution in [0.4, 0.5) is 16.3 Å². The van der Waals surface area contributed by atoms with Gasteiger partial charge in [0.2, 0.25) is 0 Å². The van der Waals surface area contributed by atoms with E-state index >= 15 is 0 Å². The smallest absolute Gasteiger partial charge is 0.419 e. The van der Waals surface area contributed by atoms with E-state index in [0.29, 0.717) is 22.0 Å². The van der Waals surface area contributed by atoms with E-state index in [-0.39, 0.29) is 11.5 Å². The van der Waals surface area contributed by atoms with Gasteiger partial charge in [-0.15, -0.1) is 11.8 Å². The number of para-hydroxylation sites is 1. The van der Waals surface area contributed by atoms with Gasteiger partial charge in [0.25, 0.3) is 0 Å². The minimum absolute atomic E-state index is 0.197. The number of hydrogen-bond acceptors (Lipinski definition) is 7. The van der Waals surface area contributed by atoms with E-state index in [1.165, 1.54) is 23.3 Å². The maximum atomic E-state index is 12.6. The summed E-state index contributed by atoms with van der Waals surface area (Å²) in [7, 11) is 0. The summed E-state index contributed by atoms with van der Waals surface area (Å²) in [4.78, 5) is 33.3. The Kier molecular flexibility index (Phi) is 5.42. The summed E-state index contributed by atoms with van der Waals surface area (Å²) in [6, 6.07) is 7.42. The molecule has 146 valence electrons. The van der Waals surface area contributed by atoms with E-state index in [1.807, 2.05) is 51.3 Å². The maximum absolute atomic E-state index is 12.6. The SMILES string of the molecule is CSc1cnc(C(C)=O)c(Nc2cccc3ccn(C(=O)OC(C)(C)C)c23)n1. The van der Waals surface area contributed by atoms with E-state index in [4.69, 9.17) is 4.74 Å². The van der Waals surface area contributed by atoms with E-state index in [1.54, 1.807) is 12.4 Å². The van der Waals surface area contributed by atoms with Crippen molar-refractivity contribution in [1.29, 1.82) is 0 Å². The lowest BCUT2D eigenvalue weighted by Gasteiger charge is -2.20. The van der Waals surface area contributed by atoms with E-state index < -0.39 is 11.7 Å². The molecule has 0 saturated carbocycles. The van der Waals surface area contributed by atoms with Crippen LogP contribution in [0.3, 0.4) is 0 Å². The molecule has 0 fully saturated rings. The van der Waals surface area contributed by atoms with Gasteiger partial charge in [-0.1, -0.05) is 12.1 Å². The number of ether oxygens (including phenoxy) is 1. The summed E-state index contributed by atoms with van der Waals surface area (Å²) in [6.07, 6.45) is 4.64. The third-order valence-corrected chi connectivity index (χ3v) is 4.46. The van der Waals surface area contributed by atoms with Crippen LogP contribution < -0.4 is 5.32 Å². The van der Waals surface area contributed by atoms with E-state index in [9.17, 15) is 9.59 Å². The molecule has 3 rings (SSSR count). The Morgan fingerprint density at radius 2 is 1.96 bits per heavy atom. The number of benzene rings is 1. The molecule has 0 aliphatic rings. The van der Waals surface area contributed by atoms with Crippen LogP contribution in [0.2, 0.25) is 0 Å². The van der Waals surface area contributed by atoms with Crippen molar-refractivity contribution < 1.29 is 14.3 Å². The molecule has 7 nitrogen and oxygen atoms in total. The van der Waals surface area contributed by atoms with Crippen LogP contribution in [0.5, 0.6) is 0 Å². The van der Waals surface area contributed by atoms with Gasteiger partial charge in [-0.3, -0.25) is 9.36 Å². The average molecular weight is 398 g/mol. The van der Waals surface area contributed by atoms with Gasteiger partial charge >= 0.3 is 6.09 Å². The molecule has 2 heterocycles. The van der Waals surface area contributed by atoms with Crippen LogP contribution in [0.25, 0.3) is 10.9 Å². The second-order valence-electron chi connectivity index (χ2n) is 7.20. The van der Waals surface area contributed by atoms with Crippen molar-refractivity contribution in [3.8, 4) is 0 Å². The molecule has 1 N–H and O–H groups in total. The summed E-state index contributed by atoms with van der Waals surface area (Å²) in [5.74, 6) is 0.154. The zero-order valence-corrected chi connectivity index (χ0v) is 17.3. The third-order valence-electron chi connectivity index (χ3n) is 3.85. The van der Waals surface area contributed by atoms with Crippen LogP contribution in [-0.4, -0.2) is 38.3 Å². The lowest BCUT2D eigenvalue weighted by molar-refractivity contribution is 0.0544. The largest absolute Gasteiger partial charge is 0.443 e. The highest BCUT2D eigenvalue weighted by molar-refractivity contribution is 7.98. The standard InChI is InChI=1S/C20H22N4O3S/c1-12(25)16-18(23-15(28-5)11-21-16)22-14-8-6-7-13-9-10-24(17(13)14)19(26)27-20(2,3)4/h6-11H,1-5H3,(H,22,23). The number of nitrogens with one attached hydrogen (secondary N) is 1. The van der Waals surface area contributed by atoms with Crippen LogP contribution in [-0.2, 0) is 4.74 Å². The second kappa shape index (κ2) is 7.63. The number of aromatic nitrogens is 3. The summed E-state index contributed by atoms with van der Waals surface area (Å²) in [5, 5.41) is 4.72. The number of ketones is 1. The van der Waals surface area contributed by atoms with Gasteiger partial charge < -0.3 is 10.1 Å². The first-order valence-electron chi connectivity index (χ1n) is 8.72. The molecule has 0 radical (unpaired) electrons. The van der Waals surface area contributed by atoms with Gasteiger partial charge in [0.1, 0.15) is 16.3 Å². The minimum Gasteiger partial charge on any atom is -0.443 e. The lowest BCUT2D eigenvalue weighted by Crippen LogP contribution is -2.26. The van der Waals surface area contributed by atoms with Gasteiger partial charge in [-0.25, -0.2) is 14.8 Å². The lowest BCUT2D eigenvalue weighted by atomic mass is 10.2. The molecule has 0 aliphatic heterocycles. The first-order chi connectivity index (χ1) is 13.2. The molecular formula is C20H22N4O3S. The van der Waals surface area contributed by atoms with Crippen LogP contribution >= 0.6 is 11.8 Å². The fraction of sp³-hybridized carbons (Fsp3) is 0.300. The molecule has 0 atom stereocenters. The summed E-state index contributed by atoms with van der Waals surface area (Å²) >= 11 is 1.43. The van der Waals surface area contributed by atoms with Gasteiger partial charge in [0.15, 0.2) is 11.6 Å². The molecule has 0 spiro atoms. The number of fused-ring (bicyclic) bond motifs is 1. The molecule has 2 aromatic heterocycles. The van der Waals surface area contributed by atoms with Crippen molar-refractivity contribution in [2.75, 3.05) is 11.6 Å². The topological polar surface area (TPSA) is 86.1 Å². The maximum Gasteiger partial charge on any atom is 0.419 e. The van der Waals surface area contributed by atoms with Gasteiger partial charge in [0.05, 0.1) is 17.4 Å². The van der Waals surface area contributed by atoms with E-state index in [2.05, 4.69) is 15.3 Å². The molecule has 0 aliphatic carbocycles. The number of carbonyl (C=O) groups is 2. The monoisotopic (exact) mass is 398 g/mol. The Morgan fingerprint density at radius 1 is 1.21 bits per heavy atom. The second-order valence-corrected chi connectivity index (χ2v) is 8.03. The van der Waals surface area contributed by atoms with Crippen molar-refractivity contribution in [1.82, 2.24) is 14.5 Å². The van der Waals surface area contributed by atoms with Gasteiger partial charge in [0, 0.05) is 18.5 Å². The molecule has 0 amide bonds. The number of nitrogens with zero attached hydrogens (tertiary/aromatic N) is 3. The highest BCUT2D eigenvalue weighted by Crippen LogP contribution is 2.29. The first kappa shape index (κ1) is 19.9. The highest BCUT2D eigenvalue weighted by Gasteiger charge is 2.21. The van der Waals surface area contributed by atoms with Crippen molar-refractivity contribution in [2.24, 2.45) is 0 Å². The minimum atomic E-state index is -0.615. The number of thioether (sulfide) groups is 1. The average Bonchev–Trinajstić information content (AvgIpc) is 3.05. The fourth-order valence-electron chi connectivity index (χ4n) is 2.70. The number of Topliss-reactive ketones (excluding diaryl/α,β-unsaturated/α-hetero) is 1. The Hall–Kier alpha value is -2.87. The van der Waals surface area contributed by atoms with Crippen LogP contribution in [0, 0.1) is 0 Å². The Balaban J connectivity index is 2.09. The normalized spacial score (nSPS) is 11.5. The number of anilines is 2. The summed E-state index contributed by atoms with van der Waals surface area (Å²) in [5.41, 5.74) is 0.895.